The highest BCUT2D eigenvalue weighted by molar-refractivity contribution is 7.88. The SMILES string of the molecule is CCN1CCC2(CN(S(C)(=O)=O)CC23CCN(CC2CC2)CC3)C1=O.O=C(O)C(F)(F)F. The summed E-state index contributed by atoms with van der Waals surface area (Å²) in [6, 6.07) is 0. The van der Waals surface area contributed by atoms with Crippen LogP contribution in [0.2, 0.25) is 0 Å². The van der Waals surface area contributed by atoms with E-state index in [1.54, 1.807) is 4.31 Å². The lowest BCUT2D eigenvalue weighted by Gasteiger charge is -2.47. The van der Waals surface area contributed by atoms with Gasteiger partial charge in [-0.3, -0.25) is 4.79 Å². The zero-order valence-corrected chi connectivity index (χ0v) is 19.3. The molecule has 4 fully saturated rings. The van der Waals surface area contributed by atoms with Crippen molar-refractivity contribution in [3.05, 3.63) is 0 Å². The van der Waals surface area contributed by atoms with Gasteiger partial charge < -0.3 is 14.9 Å². The van der Waals surface area contributed by atoms with Gasteiger partial charge in [-0.2, -0.15) is 13.2 Å². The van der Waals surface area contributed by atoms with Gasteiger partial charge in [0.05, 0.1) is 11.7 Å². The number of carboxylic acids is 1. The maximum absolute atomic E-state index is 13.3. The first-order chi connectivity index (χ1) is 14.7. The van der Waals surface area contributed by atoms with E-state index in [4.69, 9.17) is 9.90 Å². The third kappa shape index (κ3) is 4.91. The molecule has 32 heavy (non-hydrogen) atoms. The van der Waals surface area contributed by atoms with Gasteiger partial charge in [0.2, 0.25) is 15.9 Å². The van der Waals surface area contributed by atoms with E-state index >= 15 is 0 Å². The molecule has 4 aliphatic rings. The van der Waals surface area contributed by atoms with E-state index < -0.39 is 27.6 Å². The largest absolute Gasteiger partial charge is 0.490 e. The van der Waals surface area contributed by atoms with Crippen LogP contribution in [-0.2, 0) is 19.6 Å². The molecular weight excluding hydrogens is 451 g/mol. The fourth-order valence-electron chi connectivity index (χ4n) is 5.49. The molecule has 184 valence electrons. The third-order valence-electron chi connectivity index (χ3n) is 7.57. The van der Waals surface area contributed by atoms with Crippen LogP contribution >= 0.6 is 0 Å². The smallest absolute Gasteiger partial charge is 0.475 e. The molecule has 1 saturated carbocycles. The number of hydrogen-bond donors (Lipinski definition) is 1. The average Bonchev–Trinajstić information content (AvgIpc) is 3.36. The minimum absolute atomic E-state index is 0.170. The van der Waals surface area contributed by atoms with E-state index in [0.29, 0.717) is 13.1 Å². The number of hydrogen-bond acceptors (Lipinski definition) is 5. The molecule has 12 heteroatoms. The van der Waals surface area contributed by atoms with Crippen LogP contribution in [0.15, 0.2) is 0 Å². The van der Waals surface area contributed by atoms with Gasteiger partial charge in [0, 0.05) is 38.1 Å². The van der Waals surface area contributed by atoms with Gasteiger partial charge in [0.25, 0.3) is 0 Å². The summed E-state index contributed by atoms with van der Waals surface area (Å²) >= 11 is 0. The Balaban J connectivity index is 0.000000360. The van der Waals surface area contributed by atoms with Gasteiger partial charge in [-0.1, -0.05) is 0 Å². The van der Waals surface area contributed by atoms with Gasteiger partial charge in [-0.05, 0) is 58.0 Å². The fourth-order valence-corrected chi connectivity index (χ4v) is 6.43. The fraction of sp³-hybridized carbons (Fsp3) is 0.900. The first-order valence-corrected chi connectivity index (χ1v) is 12.9. The lowest BCUT2D eigenvalue weighted by Crippen LogP contribution is -2.53. The molecule has 1 N–H and O–H groups in total. The van der Waals surface area contributed by atoms with E-state index in [0.717, 1.165) is 51.4 Å². The van der Waals surface area contributed by atoms with E-state index in [-0.39, 0.29) is 11.3 Å². The Hall–Kier alpha value is -1.40. The number of fused-ring (bicyclic) bond motifs is 1. The maximum Gasteiger partial charge on any atom is 0.490 e. The number of sulfonamides is 1. The first-order valence-electron chi connectivity index (χ1n) is 11.0. The topological polar surface area (TPSA) is 98.2 Å². The summed E-state index contributed by atoms with van der Waals surface area (Å²) in [4.78, 5) is 26.6. The number of carbonyl (C=O) groups is 2. The first kappa shape index (κ1) is 25.2. The van der Waals surface area contributed by atoms with Crippen LogP contribution in [0.4, 0.5) is 13.2 Å². The minimum Gasteiger partial charge on any atom is -0.475 e. The molecule has 8 nitrogen and oxygen atoms in total. The van der Waals surface area contributed by atoms with Crippen LogP contribution in [0.3, 0.4) is 0 Å². The summed E-state index contributed by atoms with van der Waals surface area (Å²) in [6.45, 7) is 7.66. The minimum atomic E-state index is -5.08. The van der Waals surface area contributed by atoms with Crippen molar-refractivity contribution in [1.82, 2.24) is 14.1 Å². The number of carboxylic acid groups (broad SMARTS) is 1. The summed E-state index contributed by atoms with van der Waals surface area (Å²) in [5.41, 5.74) is -0.658. The summed E-state index contributed by atoms with van der Waals surface area (Å²) in [5.74, 6) is -1.67. The van der Waals surface area contributed by atoms with Crippen LogP contribution in [0.5, 0.6) is 0 Å². The zero-order valence-electron chi connectivity index (χ0n) is 18.5. The summed E-state index contributed by atoms with van der Waals surface area (Å²) < 4.78 is 57.9. The van der Waals surface area contributed by atoms with Gasteiger partial charge >= 0.3 is 12.1 Å². The second-order valence-corrected chi connectivity index (χ2v) is 11.6. The molecule has 1 atom stereocenters. The quantitative estimate of drug-likeness (QED) is 0.653. The lowest BCUT2D eigenvalue weighted by atomic mass is 9.60. The van der Waals surface area contributed by atoms with Gasteiger partial charge in [-0.15, -0.1) is 0 Å². The Morgan fingerprint density at radius 1 is 1.12 bits per heavy atom. The monoisotopic (exact) mass is 483 g/mol. The summed E-state index contributed by atoms with van der Waals surface area (Å²) in [5, 5.41) is 7.12. The molecule has 1 aliphatic carbocycles. The molecule has 2 spiro atoms. The second-order valence-electron chi connectivity index (χ2n) is 9.58. The molecule has 0 aromatic carbocycles. The Morgan fingerprint density at radius 2 is 1.69 bits per heavy atom. The highest BCUT2D eigenvalue weighted by atomic mass is 32.2. The molecule has 4 rings (SSSR count). The summed E-state index contributed by atoms with van der Waals surface area (Å²) in [7, 11) is -3.26. The molecule has 0 radical (unpaired) electrons. The molecule has 1 amide bonds. The van der Waals surface area contributed by atoms with Crippen molar-refractivity contribution in [3.63, 3.8) is 0 Å². The Morgan fingerprint density at radius 3 is 2.09 bits per heavy atom. The number of nitrogens with zero attached hydrogens (tertiary/aromatic N) is 3. The normalized spacial score (nSPS) is 28.9. The number of alkyl halides is 3. The second kappa shape index (κ2) is 8.75. The molecule has 3 saturated heterocycles. The summed E-state index contributed by atoms with van der Waals surface area (Å²) in [6.07, 6.45) is 1.64. The van der Waals surface area contributed by atoms with Crippen LogP contribution in [-0.4, -0.2) is 97.8 Å². The number of piperidine rings is 1. The number of halogens is 3. The van der Waals surface area contributed by atoms with Crippen molar-refractivity contribution in [2.24, 2.45) is 16.7 Å². The maximum atomic E-state index is 13.3. The van der Waals surface area contributed by atoms with Gasteiger partial charge in [0.15, 0.2) is 0 Å². The van der Waals surface area contributed by atoms with E-state index in [9.17, 15) is 26.4 Å². The lowest BCUT2D eigenvalue weighted by molar-refractivity contribution is -0.192. The van der Waals surface area contributed by atoms with E-state index in [2.05, 4.69) is 4.90 Å². The molecule has 0 bridgehead atoms. The van der Waals surface area contributed by atoms with Crippen LogP contribution in [0.1, 0.15) is 39.0 Å². The Bertz CT molecular complexity index is 838. The number of rotatable bonds is 4. The number of likely N-dealkylation sites (tertiary alicyclic amines) is 2. The molecular formula is C20H32F3N3O5S. The van der Waals surface area contributed by atoms with E-state index in [1.807, 2.05) is 11.8 Å². The number of carbonyl (C=O) groups excluding carboxylic acids is 1. The number of aliphatic carboxylic acids is 1. The highest BCUT2D eigenvalue weighted by Gasteiger charge is 2.66. The highest BCUT2D eigenvalue weighted by Crippen LogP contribution is 2.58. The van der Waals surface area contributed by atoms with Gasteiger partial charge in [0.1, 0.15) is 0 Å². The van der Waals surface area contributed by atoms with Crippen LogP contribution < -0.4 is 0 Å². The molecule has 0 aromatic rings. The van der Waals surface area contributed by atoms with Crippen molar-refractivity contribution < 1.29 is 36.3 Å². The van der Waals surface area contributed by atoms with Crippen molar-refractivity contribution in [3.8, 4) is 0 Å². The predicted octanol–water partition coefficient (Wildman–Crippen LogP) is 1.63. The number of amides is 1. The molecule has 3 aliphatic heterocycles. The van der Waals surface area contributed by atoms with Crippen LogP contribution in [0.25, 0.3) is 0 Å². The molecule has 0 aromatic heterocycles. The third-order valence-corrected chi connectivity index (χ3v) is 8.76. The average molecular weight is 484 g/mol. The predicted molar refractivity (Wildman–Crippen MR) is 110 cm³/mol. The van der Waals surface area contributed by atoms with Crippen molar-refractivity contribution >= 4 is 21.9 Å². The van der Waals surface area contributed by atoms with Gasteiger partial charge in [-0.25, -0.2) is 17.5 Å². The van der Waals surface area contributed by atoms with Crippen LogP contribution in [0, 0.1) is 16.7 Å². The standard InChI is InChI=1S/C18H31N3O3S.C2HF3O2/c1-3-20-11-8-18(16(20)22)14-21(25(2,23)24)13-17(18)6-9-19(10-7-17)12-15-4-5-15;3-2(4,5)1(6)7/h15H,3-14H2,1-2H3;(H,6,7). The zero-order chi connectivity index (χ0) is 23.9. The van der Waals surface area contributed by atoms with Crippen molar-refractivity contribution in [1.29, 1.82) is 0 Å². The van der Waals surface area contributed by atoms with Crippen molar-refractivity contribution in [2.75, 3.05) is 52.1 Å². The Kier molecular flexibility index (Phi) is 6.90. The Labute approximate surface area is 186 Å². The van der Waals surface area contributed by atoms with Crippen molar-refractivity contribution in [2.45, 2.75) is 45.2 Å². The van der Waals surface area contributed by atoms with E-state index in [1.165, 1.54) is 25.6 Å². The molecule has 1 unspecified atom stereocenters. The molecule has 3 heterocycles.